The molecule has 0 unspecified atom stereocenters. The first-order chi connectivity index (χ1) is 28.1. The van der Waals surface area contributed by atoms with Gasteiger partial charge in [-0.2, -0.15) is 0 Å². The average Bonchev–Trinajstić information content (AvgIpc) is 4.06. The lowest BCUT2D eigenvalue weighted by atomic mass is 9.98. The molecular formula is C43H55N9O6. The second kappa shape index (κ2) is 17.7. The summed E-state index contributed by atoms with van der Waals surface area (Å²) in [4.78, 5) is 57.2. The zero-order chi connectivity index (χ0) is 40.9. The van der Waals surface area contributed by atoms with Crippen LogP contribution in [0.25, 0.3) is 33.6 Å². The molecule has 15 heteroatoms. The van der Waals surface area contributed by atoms with E-state index in [4.69, 9.17) is 29.6 Å². The van der Waals surface area contributed by atoms with Gasteiger partial charge in [-0.3, -0.25) is 15.0 Å². The molecule has 0 saturated carbocycles. The Morgan fingerprint density at radius 1 is 0.810 bits per heavy atom. The van der Waals surface area contributed by atoms with Crippen molar-refractivity contribution in [2.75, 3.05) is 33.4 Å². The van der Waals surface area contributed by atoms with Crippen molar-refractivity contribution in [2.24, 2.45) is 11.8 Å². The van der Waals surface area contributed by atoms with E-state index in [1.807, 2.05) is 61.9 Å². The first-order valence-corrected chi connectivity index (χ1v) is 20.4. The standard InChI is InChI=1S/C43H55N9O6/c1-25(2)37(50-43(55)56-5)39(44)51-16-8-10-33(51)40-45-22-31(48-40)27-12-14-29-30-15-13-28(21-36(30)58-19-7-6-18-57-35(29)20-27)32-23-46-41(49-32)34-11-9-17-52(34)42(54)38(26(3)4)47-24-53/h12-15,20-26,33-34,37-38,44H,6-11,16-19H2,1-5H3,(H,45,48)(H,46,49)(H,47,53)(H,50,55)/t33-,34-,37-,38-/m0/s1. The monoisotopic (exact) mass is 793 g/mol. The molecule has 3 aliphatic heterocycles. The topological polar surface area (TPSA) is 191 Å². The lowest BCUT2D eigenvalue weighted by Gasteiger charge is -2.32. The summed E-state index contributed by atoms with van der Waals surface area (Å²) in [6.07, 6.45) is 8.73. The SMILES string of the molecule is COC(=O)N[C@H](C(=N)N1CCC[C@H]1c1ncc(-c2ccc3c(c2)OCCCCOc2cc(-c4cnc([C@@H]5CCCN5C(=O)[C@@H](NC=O)C(C)C)[nH]4)ccc2-3)[nH]1)C(C)C. The van der Waals surface area contributed by atoms with Crippen molar-refractivity contribution in [1.82, 2.24) is 40.4 Å². The van der Waals surface area contributed by atoms with Gasteiger partial charge in [-0.15, -0.1) is 0 Å². The normalized spacial score (nSPS) is 19.1. The van der Waals surface area contributed by atoms with Gasteiger partial charge < -0.3 is 44.6 Å². The van der Waals surface area contributed by atoms with Crippen LogP contribution in [-0.4, -0.2) is 99.5 Å². The van der Waals surface area contributed by atoms with E-state index in [2.05, 4.69) is 38.8 Å². The number of carbonyl (C=O) groups is 3. The number of amidine groups is 1. The maximum Gasteiger partial charge on any atom is 0.407 e. The highest BCUT2D eigenvalue weighted by Gasteiger charge is 2.37. The second-order valence-electron chi connectivity index (χ2n) is 16.0. The van der Waals surface area contributed by atoms with Crippen molar-refractivity contribution in [2.45, 2.75) is 90.4 Å². The van der Waals surface area contributed by atoms with Crippen molar-refractivity contribution >= 4 is 24.2 Å². The van der Waals surface area contributed by atoms with Crippen LogP contribution < -0.4 is 20.1 Å². The van der Waals surface area contributed by atoms with Crippen molar-refractivity contribution in [3.63, 3.8) is 0 Å². The Morgan fingerprint density at radius 3 is 1.83 bits per heavy atom. The van der Waals surface area contributed by atoms with Gasteiger partial charge in [0.25, 0.3) is 0 Å². The third-order valence-electron chi connectivity index (χ3n) is 11.4. The van der Waals surface area contributed by atoms with E-state index >= 15 is 0 Å². The van der Waals surface area contributed by atoms with Crippen LogP contribution in [0.5, 0.6) is 11.5 Å². The summed E-state index contributed by atoms with van der Waals surface area (Å²) in [5.41, 5.74) is 5.32. The van der Waals surface area contributed by atoms with Crippen LogP contribution in [0.4, 0.5) is 4.79 Å². The molecule has 0 spiro atoms. The van der Waals surface area contributed by atoms with E-state index in [1.165, 1.54) is 7.11 Å². The van der Waals surface area contributed by atoms with Gasteiger partial charge >= 0.3 is 6.09 Å². The number of rotatable bonds is 11. The van der Waals surface area contributed by atoms with E-state index in [-0.39, 0.29) is 29.8 Å². The molecule has 2 aromatic heterocycles. The van der Waals surface area contributed by atoms with Crippen molar-refractivity contribution in [3.05, 3.63) is 60.4 Å². The van der Waals surface area contributed by atoms with Crippen LogP contribution in [0.1, 0.15) is 90.0 Å². The number of benzene rings is 2. The number of hydrogen-bond donors (Lipinski definition) is 5. The lowest BCUT2D eigenvalue weighted by molar-refractivity contribution is -0.137. The number of H-pyrrole nitrogens is 2. The Bertz CT molecular complexity index is 2110. The van der Waals surface area contributed by atoms with Crippen molar-refractivity contribution in [1.29, 1.82) is 5.41 Å². The number of nitrogens with one attached hydrogen (secondary N) is 5. The van der Waals surface area contributed by atoms with Gasteiger partial charge in [0.1, 0.15) is 35.0 Å². The average molecular weight is 794 g/mol. The first-order valence-electron chi connectivity index (χ1n) is 20.4. The Balaban J connectivity index is 1.12. The molecule has 0 radical (unpaired) electrons. The molecule has 3 aliphatic rings. The van der Waals surface area contributed by atoms with E-state index in [0.29, 0.717) is 38.5 Å². The first kappa shape index (κ1) is 40.3. The van der Waals surface area contributed by atoms with Crippen LogP contribution in [-0.2, 0) is 14.3 Å². The summed E-state index contributed by atoms with van der Waals surface area (Å²) in [5.74, 6) is 3.18. The summed E-state index contributed by atoms with van der Waals surface area (Å²) in [5, 5.41) is 14.6. The molecular weight excluding hydrogens is 739 g/mol. The molecule has 7 rings (SSSR count). The molecule has 2 saturated heterocycles. The summed E-state index contributed by atoms with van der Waals surface area (Å²) >= 11 is 0. The highest BCUT2D eigenvalue weighted by Crippen LogP contribution is 2.42. The molecule has 15 nitrogen and oxygen atoms in total. The Labute approximate surface area is 339 Å². The highest BCUT2D eigenvalue weighted by atomic mass is 16.5. The number of alkyl carbamates (subject to hydrolysis) is 1. The maximum atomic E-state index is 13.5. The number of hydrogen-bond acceptors (Lipinski definition) is 9. The predicted octanol–water partition coefficient (Wildman–Crippen LogP) is 6.61. The molecule has 58 heavy (non-hydrogen) atoms. The van der Waals surface area contributed by atoms with Crippen molar-refractivity contribution < 1.29 is 28.6 Å². The van der Waals surface area contributed by atoms with Gasteiger partial charge in [0.05, 0.1) is 62.2 Å². The zero-order valence-corrected chi connectivity index (χ0v) is 34.0. The third-order valence-corrected chi connectivity index (χ3v) is 11.4. The Kier molecular flexibility index (Phi) is 12.3. The molecule has 4 aromatic rings. The second-order valence-corrected chi connectivity index (χ2v) is 16.0. The number of nitrogens with zero attached hydrogens (tertiary/aromatic N) is 4. The van der Waals surface area contributed by atoms with Crippen molar-refractivity contribution in [3.8, 4) is 45.1 Å². The Morgan fingerprint density at radius 2 is 1.33 bits per heavy atom. The molecule has 4 atom stereocenters. The van der Waals surface area contributed by atoms with Gasteiger partial charge in [-0.1, -0.05) is 39.8 Å². The molecule has 2 aromatic carbocycles. The minimum atomic E-state index is -0.585. The summed E-state index contributed by atoms with van der Waals surface area (Å²) < 4.78 is 17.7. The zero-order valence-electron chi connectivity index (χ0n) is 34.0. The van der Waals surface area contributed by atoms with E-state index in [0.717, 1.165) is 95.3 Å². The van der Waals surface area contributed by atoms with Crippen LogP contribution in [0.15, 0.2) is 48.8 Å². The highest BCUT2D eigenvalue weighted by molar-refractivity contribution is 5.89. The number of likely N-dealkylation sites (tertiary alicyclic amines) is 2. The van der Waals surface area contributed by atoms with E-state index in [9.17, 15) is 14.4 Å². The number of imidazole rings is 2. The van der Waals surface area contributed by atoms with Gasteiger partial charge in [-0.05, 0) is 74.6 Å². The Hall–Kier alpha value is -5.86. The van der Waals surface area contributed by atoms with Crippen LogP contribution >= 0.6 is 0 Å². The minimum Gasteiger partial charge on any atom is -0.493 e. The smallest absolute Gasteiger partial charge is 0.407 e. The number of methoxy groups -OCH3 is 1. The van der Waals surface area contributed by atoms with Crippen LogP contribution in [0.3, 0.4) is 0 Å². The van der Waals surface area contributed by atoms with Gasteiger partial charge in [0, 0.05) is 35.3 Å². The molecule has 0 bridgehead atoms. The number of ether oxygens (including phenoxy) is 3. The number of carbonyl (C=O) groups excluding carboxylic acids is 3. The summed E-state index contributed by atoms with van der Waals surface area (Å²) in [6.45, 7) is 10.2. The fourth-order valence-electron chi connectivity index (χ4n) is 8.31. The number of fused-ring (bicyclic) bond motifs is 3. The van der Waals surface area contributed by atoms with Crippen LogP contribution in [0.2, 0.25) is 0 Å². The fraction of sp³-hybridized carbons (Fsp3) is 0.488. The fourth-order valence-corrected chi connectivity index (χ4v) is 8.31. The van der Waals surface area contributed by atoms with Gasteiger partial charge in [0.15, 0.2) is 0 Å². The minimum absolute atomic E-state index is 0.00101. The number of amides is 3. The van der Waals surface area contributed by atoms with Gasteiger partial charge in [-0.25, -0.2) is 14.8 Å². The lowest BCUT2D eigenvalue weighted by Crippen LogP contribution is -2.50. The number of aromatic nitrogens is 4. The summed E-state index contributed by atoms with van der Waals surface area (Å²) in [6, 6.07) is 10.9. The molecule has 308 valence electrons. The molecule has 5 heterocycles. The molecule has 2 fully saturated rings. The van der Waals surface area contributed by atoms with E-state index < -0.39 is 18.2 Å². The molecule has 5 N–H and O–H groups in total. The van der Waals surface area contributed by atoms with E-state index in [1.54, 1.807) is 6.20 Å². The quantitative estimate of drug-likeness (QED) is 0.0632. The largest absolute Gasteiger partial charge is 0.493 e. The molecule has 3 amide bonds. The summed E-state index contributed by atoms with van der Waals surface area (Å²) in [7, 11) is 1.33. The van der Waals surface area contributed by atoms with Gasteiger partial charge in [0.2, 0.25) is 12.3 Å². The van der Waals surface area contributed by atoms with Crippen LogP contribution in [0, 0.1) is 17.2 Å². The predicted molar refractivity (Wildman–Crippen MR) is 219 cm³/mol. The third kappa shape index (κ3) is 8.39. The maximum absolute atomic E-state index is 13.5. The number of aromatic amines is 2. The molecule has 0 aliphatic carbocycles.